The molecule has 0 aliphatic carbocycles. The van der Waals surface area contributed by atoms with Gasteiger partial charge in [-0.05, 0) is 25.5 Å². The number of rotatable bonds is 5. The zero-order valence-corrected chi connectivity index (χ0v) is 11.0. The lowest BCUT2D eigenvalue weighted by Crippen LogP contribution is -2.38. The van der Waals surface area contributed by atoms with Gasteiger partial charge in [0.05, 0.1) is 6.54 Å². The Morgan fingerprint density at radius 1 is 1.37 bits per heavy atom. The number of nitrogens with one attached hydrogen (secondary N) is 3. The van der Waals surface area contributed by atoms with Crippen LogP contribution in [0.2, 0.25) is 0 Å². The summed E-state index contributed by atoms with van der Waals surface area (Å²) in [5.74, 6) is 0.0177. The molecule has 1 saturated heterocycles. The monoisotopic (exact) mass is 261 g/mol. The molecule has 1 aromatic carbocycles. The lowest BCUT2D eigenvalue weighted by molar-refractivity contribution is -0.119. The lowest BCUT2D eigenvalue weighted by Gasteiger charge is -2.11. The zero-order valence-electron chi connectivity index (χ0n) is 11.0. The molecule has 1 atom stereocenters. The van der Waals surface area contributed by atoms with Crippen LogP contribution in [-0.2, 0) is 9.59 Å². The Morgan fingerprint density at radius 2 is 2.11 bits per heavy atom. The molecule has 102 valence electrons. The maximum atomic E-state index is 11.7. The molecule has 0 spiro atoms. The molecular formula is C14H19N3O2. The number of anilines is 1. The van der Waals surface area contributed by atoms with Crippen LogP contribution in [0, 0.1) is 6.92 Å². The van der Waals surface area contributed by atoms with Gasteiger partial charge in [0, 0.05) is 24.7 Å². The normalized spacial score (nSPS) is 18.2. The van der Waals surface area contributed by atoms with Crippen LogP contribution in [0.3, 0.4) is 0 Å². The number of carbonyl (C=O) groups is 2. The van der Waals surface area contributed by atoms with Gasteiger partial charge in [-0.2, -0.15) is 0 Å². The molecule has 1 fully saturated rings. The minimum Gasteiger partial charge on any atom is -0.352 e. The average Bonchev–Trinajstić information content (AvgIpc) is 2.78. The van der Waals surface area contributed by atoms with Crippen LogP contribution in [0.25, 0.3) is 0 Å². The van der Waals surface area contributed by atoms with Crippen LogP contribution < -0.4 is 16.0 Å². The largest absolute Gasteiger partial charge is 0.352 e. The number of amides is 2. The summed E-state index contributed by atoms with van der Waals surface area (Å²) in [6, 6.07) is 7.82. The molecule has 3 N–H and O–H groups in total. The summed E-state index contributed by atoms with van der Waals surface area (Å²) in [4.78, 5) is 22.7. The van der Waals surface area contributed by atoms with Crippen LogP contribution in [-0.4, -0.2) is 30.9 Å². The fraction of sp³-hybridized carbons (Fsp3) is 0.429. The molecule has 5 heteroatoms. The van der Waals surface area contributed by atoms with Crippen molar-refractivity contribution in [1.82, 2.24) is 10.6 Å². The van der Waals surface area contributed by atoms with Crippen molar-refractivity contribution in [3.63, 3.8) is 0 Å². The number of benzene rings is 1. The second kappa shape index (κ2) is 6.33. The van der Waals surface area contributed by atoms with Gasteiger partial charge in [0.25, 0.3) is 0 Å². The van der Waals surface area contributed by atoms with Gasteiger partial charge in [-0.1, -0.05) is 17.7 Å². The molecule has 5 nitrogen and oxygen atoms in total. The van der Waals surface area contributed by atoms with Crippen LogP contribution in [0.15, 0.2) is 24.3 Å². The molecule has 0 radical (unpaired) electrons. The topological polar surface area (TPSA) is 70.2 Å². The van der Waals surface area contributed by atoms with Gasteiger partial charge in [-0.3, -0.25) is 9.59 Å². The van der Waals surface area contributed by atoms with E-state index in [0.29, 0.717) is 13.0 Å². The number of carbonyl (C=O) groups excluding carboxylic acids is 2. The highest BCUT2D eigenvalue weighted by Crippen LogP contribution is 2.08. The van der Waals surface area contributed by atoms with E-state index in [9.17, 15) is 9.59 Å². The van der Waals surface area contributed by atoms with Crippen molar-refractivity contribution in [2.45, 2.75) is 25.8 Å². The van der Waals surface area contributed by atoms with Crippen molar-refractivity contribution >= 4 is 17.5 Å². The minimum atomic E-state index is -0.0758. The molecule has 1 unspecified atom stereocenters. The number of hydrogen-bond donors (Lipinski definition) is 3. The van der Waals surface area contributed by atoms with Gasteiger partial charge >= 0.3 is 0 Å². The summed E-state index contributed by atoms with van der Waals surface area (Å²) < 4.78 is 0. The Hall–Kier alpha value is -1.88. The fourth-order valence-corrected chi connectivity index (χ4v) is 2.03. The predicted molar refractivity (Wildman–Crippen MR) is 73.8 cm³/mol. The molecular weight excluding hydrogens is 242 g/mol. The molecule has 1 heterocycles. The summed E-state index contributed by atoms with van der Waals surface area (Å²) in [5, 5.41) is 8.72. The maximum absolute atomic E-state index is 11.7. The van der Waals surface area contributed by atoms with Crippen molar-refractivity contribution in [3.05, 3.63) is 29.8 Å². The van der Waals surface area contributed by atoms with E-state index in [2.05, 4.69) is 16.0 Å². The summed E-state index contributed by atoms with van der Waals surface area (Å²) in [6.07, 6.45) is 1.42. The third kappa shape index (κ3) is 4.37. The van der Waals surface area contributed by atoms with E-state index < -0.39 is 0 Å². The molecule has 2 amide bonds. The van der Waals surface area contributed by atoms with Gasteiger partial charge < -0.3 is 16.0 Å². The average molecular weight is 261 g/mol. The van der Waals surface area contributed by atoms with Gasteiger partial charge in [0.15, 0.2) is 0 Å². The van der Waals surface area contributed by atoms with Gasteiger partial charge in [-0.25, -0.2) is 0 Å². The third-order valence-corrected chi connectivity index (χ3v) is 3.10. The van der Waals surface area contributed by atoms with Crippen molar-refractivity contribution in [1.29, 1.82) is 0 Å². The second-order valence-corrected chi connectivity index (χ2v) is 4.85. The SMILES string of the molecule is Cc1ccc(NC(=O)CNCC2CCC(=O)N2)cc1. The maximum Gasteiger partial charge on any atom is 0.238 e. The smallest absolute Gasteiger partial charge is 0.238 e. The number of hydrogen-bond acceptors (Lipinski definition) is 3. The first-order valence-electron chi connectivity index (χ1n) is 6.50. The summed E-state index contributed by atoms with van der Waals surface area (Å²) >= 11 is 0. The highest BCUT2D eigenvalue weighted by Gasteiger charge is 2.20. The Kier molecular flexibility index (Phi) is 4.52. The van der Waals surface area contributed by atoms with Crippen LogP contribution in [0.1, 0.15) is 18.4 Å². The van der Waals surface area contributed by atoms with E-state index in [0.717, 1.165) is 17.7 Å². The van der Waals surface area contributed by atoms with Crippen LogP contribution in [0.4, 0.5) is 5.69 Å². The fourth-order valence-electron chi connectivity index (χ4n) is 2.03. The highest BCUT2D eigenvalue weighted by molar-refractivity contribution is 5.92. The molecule has 0 aromatic heterocycles. The van der Waals surface area contributed by atoms with E-state index in [4.69, 9.17) is 0 Å². The zero-order chi connectivity index (χ0) is 13.7. The van der Waals surface area contributed by atoms with E-state index in [1.165, 1.54) is 0 Å². The van der Waals surface area contributed by atoms with Gasteiger partial charge in [-0.15, -0.1) is 0 Å². The summed E-state index contributed by atoms with van der Waals surface area (Å²) in [5.41, 5.74) is 1.96. The summed E-state index contributed by atoms with van der Waals surface area (Å²) in [7, 11) is 0. The van der Waals surface area contributed by atoms with Crippen molar-refractivity contribution in [2.24, 2.45) is 0 Å². The lowest BCUT2D eigenvalue weighted by atomic mass is 10.2. The first-order valence-corrected chi connectivity index (χ1v) is 6.50. The first-order chi connectivity index (χ1) is 9.13. The molecule has 1 aliphatic heterocycles. The highest BCUT2D eigenvalue weighted by atomic mass is 16.2. The van der Waals surface area contributed by atoms with E-state index in [1.54, 1.807) is 0 Å². The Morgan fingerprint density at radius 3 is 2.74 bits per heavy atom. The first kappa shape index (κ1) is 13.5. The number of aryl methyl sites for hydroxylation is 1. The molecule has 0 saturated carbocycles. The molecule has 1 aromatic rings. The standard InChI is InChI=1S/C14H19N3O2/c1-10-2-4-11(5-3-10)16-14(19)9-15-8-12-6-7-13(18)17-12/h2-5,12,15H,6-9H2,1H3,(H,16,19)(H,17,18). The molecule has 2 rings (SSSR count). The molecule has 19 heavy (non-hydrogen) atoms. The van der Waals surface area contributed by atoms with E-state index in [-0.39, 0.29) is 24.4 Å². The predicted octanol–water partition coefficient (Wildman–Crippen LogP) is 0.802. The Balaban J connectivity index is 1.67. The second-order valence-electron chi connectivity index (χ2n) is 4.85. The van der Waals surface area contributed by atoms with Crippen molar-refractivity contribution in [2.75, 3.05) is 18.4 Å². The van der Waals surface area contributed by atoms with E-state index >= 15 is 0 Å². The molecule has 0 bridgehead atoms. The van der Waals surface area contributed by atoms with E-state index in [1.807, 2.05) is 31.2 Å². The van der Waals surface area contributed by atoms with Crippen molar-refractivity contribution < 1.29 is 9.59 Å². The van der Waals surface area contributed by atoms with Crippen LogP contribution in [0.5, 0.6) is 0 Å². The molecule has 1 aliphatic rings. The third-order valence-electron chi connectivity index (χ3n) is 3.10. The van der Waals surface area contributed by atoms with Crippen LogP contribution >= 0.6 is 0 Å². The Labute approximate surface area is 112 Å². The summed E-state index contributed by atoms with van der Waals surface area (Å²) in [6.45, 7) is 2.89. The van der Waals surface area contributed by atoms with Gasteiger partial charge in [0.2, 0.25) is 11.8 Å². The van der Waals surface area contributed by atoms with Gasteiger partial charge in [0.1, 0.15) is 0 Å². The van der Waals surface area contributed by atoms with Crippen molar-refractivity contribution in [3.8, 4) is 0 Å². The quantitative estimate of drug-likeness (QED) is 0.734. The minimum absolute atomic E-state index is 0.0758. The Bertz CT molecular complexity index is 456.